The van der Waals surface area contributed by atoms with Gasteiger partial charge in [-0.2, -0.15) is 0 Å². The Morgan fingerprint density at radius 2 is 2.14 bits per heavy atom. The minimum absolute atomic E-state index is 0.0212. The average Bonchev–Trinajstić information content (AvgIpc) is 3.08. The highest BCUT2D eigenvalue weighted by molar-refractivity contribution is 7.09. The molecule has 5 heteroatoms. The molecule has 2 fully saturated rings. The third-order valence-corrected chi connectivity index (χ3v) is 5.73. The van der Waals surface area contributed by atoms with E-state index in [1.807, 2.05) is 4.90 Å². The minimum atomic E-state index is -0.311. The van der Waals surface area contributed by atoms with Crippen LogP contribution in [0.2, 0.25) is 0 Å². The van der Waals surface area contributed by atoms with E-state index in [1.54, 1.807) is 11.3 Å². The predicted octanol–water partition coefficient (Wildman–Crippen LogP) is 3.25. The van der Waals surface area contributed by atoms with Gasteiger partial charge in [0.1, 0.15) is 6.17 Å². The molecule has 1 aromatic rings. The molecular weight excluding hydrogens is 282 g/mol. The van der Waals surface area contributed by atoms with Gasteiger partial charge in [-0.15, -0.1) is 11.3 Å². The summed E-state index contributed by atoms with van der Waals surface area (Å²) in [4.78, 5) is 19.7. The first kappa shape index (κ1) is 15.0. The molecule has 1 aromatic heterocycles. The van der Waals surface area contributed by atoms with Crippen molar-refractivity contribution in [2.24, 2.45) is 0 Å². The molecule has 1 atom stereocenters. The molecule has 2 heterocycles. The molecular formula is C16H25N3OS. The van der Waals surface area contributed by atoms with Crippen LogP contribution >= 0.6 is 11.3 Å². The van der Waals surface area contributed by atoms with E-state index < -0.39 is 0 Å². The van der Waals surface area contributed by atoms with Gasteiger partial charge in [-0.3, -0.25) is 10.1 Å². The van der Waals surface area contributed by atoms with Crippen LogP contribution in [0.1, 0.15) is 69.2 Å². The Bertz CT molecular complexity index is 507. The van der Waals surface area contributed by atoms with Crippen LogP contribution < -0.4 is 5.32 Å². The van der Waals surface area contributed by atoms with Gasteiger partial charge in [-0.05, 0) is 25.7 Å². The van der Waals surface area contributed by atoms with Gasteiger partial charge in [-0.1, -0.05) is 33.1 Å². The quantitative estimate of drug-likeness (QED) is 0.928. The molecule has 0 aromatic carbocycles. The standard InChI is InChI=1S/C16H25N3OS/c1-3-10-19-14(12-11-21-13(4-2)17-12)18-16(15(19)20)8-6-5-7-9-16/h11,14,18H,3-10H2,1-2H3. The number of nitrogens with zero attached hydrogens (tertiary/aromatic N) is 2. The van der Waals surface area contributed by atoms with Gasteiger partial charge in [0, 0.05) is 11.9 Å². The molecule has 1 N–H and O–H groups in total. The second-order valence-electron chi connectivity index (χ2n) is 6.21. The van der Waals surface area contributed by atoms with E-state index in [1.165, 1.54) is 6.42 Å². The molecule has 21 heavy (non-hydrogen) atoms. The van der Waals surface area contributed by atoms with Gasteiger partial charge in [0.2, 0.25) is 5.91 Å². The van der Waals surface area contributed by atoms with Crippen molar-refractivity contribution >= 4 is 17.2 Å². The maximum Gasteiger partial charge on any atom is 0.244 e. The number of rotatable bonds is 4. The maximum absolute atomic E-state index is 13.0. The van der Waals surface area contributed by atoms with Crippen molar-refractivity contribution in [3.8, 4) is 0 Å². The average molecular weight is 307 g/mol. The summed E-state index contributed by atoms with van der Waals surface area (Å²) in [6.07, 6.45) is 7.46. The highest BCUT2D eigenvalue weighted by Crippen LogP contribution is 2.39. The Labute approximate surface area is 130 Å². The van der Waals surface area contributed by atoms with Crippen molar-refractivity contribution in [3.63, 3.8) is 0 Å². The van der Waals surface area contributed by atoms with Crippen LogP contribution in [-0.4, -0.2) is 27.9 Å². The van der Waals surface area contributed by atoms with E-state index in [0.717, 1.165) is 55.8 Å². The zero-order valence-electron chi connectivity index (χ0n) is 13.0. The molecule has 2 aliphatic rings. The first-order chi connectivity index (χ1) is 10.2. The number of amides is 1. The zero-order chi connectivity index (χ0) is 14.9. The fraction of sp³-hybridized carbons (Fsp3) is 0.750. The van der Waals surface area contributed by atoms with Gasteiger partial charge in [0.05, 0.1) is 16.2 Å². The number of carbonyl (C=O) groups excluding carboxylic acids is 1. The second-order valence-corrected chi connectivity index (χ2v) is 7.15. The molecule has 1 saturated heterocycles. The lowest BCUT2D eigenvalue weighted by atomic mass is 9.81. The van der Waals surface area contributed by atoms with Crippen LogP contribution in [0.4, 0.5) is 0 Å². The van der Waals surface area contributed by atoms with Crippen molar-refractivity contribution in [2.45, 2.75) is 70.5 Å². The van der Waals surface area contributed by atoms with Crippen molar-refractivity contribution in [3.05, 3.63) is 16.1 Å². The third-order valence-electron chi connectivity index (χ3n) is 4.72. The number of thiazole rings is 1. The van der Waals surface area contributed by atoms with Crippen LogP contribution in [0, 0.1) is 0 Å². The highest BCUT2D eigenvalue weighted by atomic mass is 32.1. The number of aromatic nitrogens is 1. The van der Waals surface area contributed by atoms with Crippen molar-refractivity contribution in [1.82, 2.24) is 15.2 Å². The molecule has 3 rings (SSSR count). The van der Waals surface area contributed by atoms with Crippen LogP contribution in [0.25, 0.3) is 0 Å². The molecule has 0 radical (unpaired) electrons. The lowest BCUT2D eigenvalue weighted by molar-refractivity contribution is -0.134. The second kappa shape index (κ2) is 6.05. The maximum atomic E-state index is 13.0. The van der Waals surface area contributed by atoms with E-state index in [-0.39, 0.29) is 11.7 Å². The fourth-order valence-corrected chi connectivity index (χ4v) is 4.39. The SMILES string of the molecule is CCCN1C(=O)C2(CCCCC2)NC1c1csc(CC)n1. The molecule has 1 aliphatic carbocycles. The van der Waals surface area contributed by atoms with Crippen LogP contribution in [-0.2, 0) is 11.2 Å². The van der Waals surface area contributed by atoms with Gasteiger partial charge < -0.3 is 4.90 Å². The van der Waals surface area contributed by atoms with Crippen LogP contribution in [0.15, 0.2) is 5.38 Å². The largest absolute Gasteiger partial charge is 0.320 e. The lowest BCUT2D eigenvalue weighted by Gasteiger charge is -2.31. The fourth-order valence-electron chi connectivity index (χ4n) is 3.63. The number of hydrogen-bond acceptors (Lipinski definition) is 4. The van der Waals surface area contributed by atoms with Crippen molar-refractivity contribution in [1.29, 1.82) is 0 Å². The van der Waals surface area contributed by atoms with E-state index in [9.17, 15) is 4.79 Å². The summed E-state index contributed by atoms with van der Waals surface area (Å²) in [6, 6.07) is 0. The number of nitrogens with one attached hydrogen (secondary N) is 1. The normalized spacial score (nSPS) is 25.0. The lowest BCUT2D eigenvalue weighted by Crippen LogP contribution is -2.48. The number of aryl methyl sites for hydroxylation is 1. The molecule has 1 aliphatic heterocycles. The molecule has 1 spiro atoms. The Balaban J connectivity index is 1.89. The Morgan fingerprint density at radius 1 is 1.38 bits per heavy atom. The summed E-state index contributed by atoms with van der Waals surface area (Å²) in [5, 5.41) is 6.94. The first-order valence-corrected chi connectivity index (χ1v) is 9.11. The Hall–Kier alpha value is -0.940. The van der Waals surface area contributed by atoms with Crippen LogP contribution in [0.5, 0.6) is 0 Å². The zero-order valence-corrected chi connectivity index (χ0v) is 13.8. The van der Waals surface area contributed by atoms with Gasteiger partial charge in [0.25, 0.3) is 0 Å². The highest BCUT2D eigenvalue weighted by Gasteiger charge is 2.51. The molecule has 1 unspecified atom stereocenters. The Morgan fingerprint density at radius 3 is 2.76 bits per heavy atom. The number of carbonyl (C=O) groups is 1. The van der Waals surface area contributed by atoms with Gasteiger partial charge in [0.15, 0.2) is 0 Å². The smallest absolute Gasteiger partial charge is 0.244 e. The summed E-state index contributed by atoms with van der Waals surface area (Å²) >= 11 is 1.70. The molecule has 1 amide bonds. The third kappa shape index (κ3) is 2.61. The summed E-state index contributed by atoms with van der Waals surface area (Å²) in [5.41, 5.74) is 0.717. The van der Waals surface area contributed by atoms with E-state index in [4.69, 9.17) is 4.98 Å². The first-order valence-electron chi connectivity index (χ1n) is 8.23. The minimum Gasteiger partial charge on any atom is -0.320 e. The summed E-state index contributed by atoms with van der Waals surface area (Å²) in [5.74, 6) is 0.306. The number of hydrogen-bond donors (Lipinski definition) is 1. The summed E-state index contributed by atoms with van der Waals surface area (Å²) in [6.45, 7) is 5.08. The van der Waals surface area contributed by atoms with Gasteiger partial charge >= 0.3 is 0 Å². The van der Waals surface area contributed by atoms with Crippen LogP contribution in [0.3, 0.4) is 0 Å². The molecule has 4 nitrogen and oxygen atoms in total. The topological polar surface area (TPSA) is 45.2 Å². The Kier molecular flexibility index (Phi) is 4.31. The van der Waals surface area contributed by atoms with Gasteiger partial charge in [-0.25, -0.2) is 4.98 Å². The van der Waals surface area contributed by atoms with E-state index in [0.29, 0.717) is 5.91 Å². The summed E-state index contributed by atoms with van der Waals surface area (Å²) < 4.78 is 0. The molecule has 116 valence electrons. The van der Waals surface area contributed by atoms with E-state index in [2.05, 4.69) is 24.5 Å². The molecule has 1 saturated carbocycles. The molecule has 0 bridgehead atoms. The predicted molar refractivity (Wildman–Crippen MR) is 85.2 cm³/mol. The van der Waals surface area contributed by atoms with E-state index >= 15 is 0 Å². The summed E-state index contributed by atoms with van der Waals surface area (Å²) in [7, 11) is 0. The van der Waals surface area contributed by atoms with Crippen molar-refractivity contribution < 1.29 is 4.79 Å². The van der Waals surface area contributed by atoms with Crippen molar-refractivity contribution in [2.75, 3.05) is 6.54 Å². The monoisotopic (exact) mass is 307 g/mol.